The molecular formula is C32H39ClN2O5S. The topological polar surface area (TPSA) is 84.9 Å². The van der Waals surface area contributed by atoms with Gasteiger partial charge in [0.25, 0.3) is 10.0 Å². The Morgan fingerprint density at radius 3 is 2.78 bits per heavy atom. The molecule has 2 aromatic carbocycles. The highest BCUT2D eigenvalue weighted by Gasteiger charge is 2.44. The van der Waals surface area contributed by atoms with Crippen molar-refractivity contribution in [1.82, 2.24) is 4.72 Å². The number of benzene rings is 2. The van der Waals surface area contributed by atoms with Crippen LogP contribution in [-0.2, 0) is 31.4 Å². The fourth-order valence-corrected chi connectivity index (χ4v) is 8.49. The third-order valence-corrected chi connectivity index (χ3v) is 11.3. The van der Waals surface area contributed by atoms with Gasteiger partial charge in [-0.25, -0.2) is 13.1 Å². The SMILES string of the molecule is CO[C@H]1/C=C/CC[C@H](C)C(=O)NS(=O)(=O)c2ccc3c(c2)N(C[C@@H]2CCC21)C[C@@]1(CCCc2cc(Cl)ccc21)CO3. The Hall–Kier alpha value is -2.55. The second-order valence-corrected chi connectivity index (χ2v) is 14.4. The molecule has 220 valence electrons. The number of rotatable bonds is 1. The summed E-state index contributed by atoms with van der Waals surface area (Å²) in [6.07, 6.45) is 10.6. The van der Waals surface area contributed by atoms with Gasteiger partial charge in [0.2, 0.25) is 5.91 Å². The Bertz CT molecular complexity index is 1460. The lowest BCUT2D eigenvalue weighted by atomic mass is 9.68. The van der Waals surface area contributed by atoms with Crippen molar-refractivity contribution in [3.63, 3.8) is 0 Å². The van der Waals surface area contributed by atoms with E-state index in [0.29, 0.717) is 43.6 Å². The van der Waals surface area contributed by atoms with Crippen molar-refractivity contribution in [3.8, 4) is 5.75 Å². The summed E-state index contributed by atoms with van der Waals surface area (Å²) in [5, 5.41) is 0.742. The molecule has 1 saturated carbocycles. The number of aryl methyl sites for hydroxylation is 1. The molecule has 0 radical (unpaired) electrons. The summed E-state index contributed by atoms with van der Waals surface area (Å²) in [6, 6.07) is 11.2. The quantitative estimate of drug-likeness (QED) is 0.427. The van der Waals surface area contributed by atoms with E-state index in [1.165, 1.54) is 11.1 Å². The molecule has 2 aromatic rings. The highest BCUT2D eigenvalue weighted by atomic mass is 35.5. The number of sulfonamides is 1. The molecule has 6 rings (SSSR count). The Balaban J connectivity index is 1.44. The molecule has 9 heteroatoms. The van der Waals surface area contributed by atoms with E-state index >= 15 is 0 Å². The van der Waals surface area contributed by atoms with Crippen LogP contribution in [0.5, 0.6) is 5.75 Å². The number of nitrogens with one attached hydrogen (secondary N) is 1. The Morgan fingerprint density at radius 2 is 2.00 bits per heavy atom. The minimum atomic E-state index is -4.05. The smallest absolute Gasteiger partial charge is 0.264 e. The van der Waals surface area contributed by atoms with Crippen LogP contribution in [-0.4, -0.2) is 47.2 Å². The highest BCUT2D eigenvalue weighted by molar-refractivity contribution is 7.90. The van der Waals surface area contributed by atoms with Gasteiger partial charge in [0, 0.05) is 36.6 Å². The van der Waals surface area contributed by atoms with Crippen molar-refractivity contribution in [2.75, 3.05) is 31.7 Å². The lowest BCUT2D eigenvalue weighted by Gasteiger charge is -2.46. The Kier molecular flexibility index (Phi) is 7.85. The van der Waals surface area contributed by atoms with Gasteiger partial charge in [0.1, 0.15) is 5.75 Å². The fourth-order valence-electron chi connectivity index (χ4n) is 7.19. The number of carbonyl (C=O) groups excluding carboxylic acids is 1. The monoisotopic (exact) mass is 598 g/mol. The van der Waals surface area contributed by atoms with Crippen molar-refractivity contribution in [1.29, 1.82) is 0 Å². The van der Waals surface area contributed by atoms with Crippen LogP contribution in [0.1, 0.15) is 56.6 Å². The van der Waals surface area contributed by atoms with Gasteiger partial charge < -0.3 is 14.4 Å². The van der Waals surface area contributed by atoms with Crippen LogP contribution < -0.4 is 14.4 Å². The molecule has 5 atom stereocenters. The summed E-state index contributed by atoms with van der Waals surface area (Å²) in [6.45, 7) is 3.74. The zero-order valence-electron chi connectivity index (χ0n) is 23.8. The lowest BCUT2D eigenvalue weighted by Crippen LogP contribution is -2.49. The number of hydrogen-bond acceptors (Lipinski definition) is 6. The molecule has 0 aromatic heterocycles. The number of carbonyl (C=O) groups is 1. The van der Waals surface area contributed by atoms with Gasteiger partial charge in [0.05, 0.1) is 23.3 Å². The Morgan fingerprint density at radius 1 is 1.15 bits per heavy atom. The molecule has 1 N–H and O–H groups in total. The number of ether oxygens (including phenoxy) is 2. The number of methoxy groups -OCH3 is 1. The maximum atomic E-state index is 13.4. The first kappa shape index (κ1) is 28.6. The van der Waals surface area contributed by atoms with Crippen LogP contribution in [0.15, 0.2) is 53.4 Å². The van der Waals surface area contributed by atoms with Gasteiger partial charge in [-0.2, -0.15) is 0 Å². The van der Waals surface area contributed by atoms with Crippen LogP contribution in [0.25, 0.3) is 0 Å². The molecule has 2 aliphatic carbocycles. The van der Waals surface area contributed by atoms with E-state index in [1.807, 2.05) is 6.07 Å². The normalized spacial score (nSPS) is 32.0. The minimum Gasteiger partial charge on any atom is -0.490 e. The number of hydrogen-bond donors (Lipinski definition) is 1. The van der Waals surface area contributed by atoms with Crippen molar-refractivity contribution < 1.29 is 22.7 Å². The highest BCUT2D eigenvalue weighted by Crippen LogP contribution is 2.47. The first-order chi connectivity index (χ1) is 19.7. The first-order valence-corrected chi connectivity index (χ1v) is 16.6. The van der Waals surface area contributed by atoms with Gasteiger partial charge in [-0.05, 0) is 98.2 Å². The molecule has 2 heterocycles. The molecule has 0 saturated heterocycles. The second kappa shape index (κ2) is 11.3. The zero-order valence-corrected chi connectivity index (χ0v) is 25.3. The van der Waals surface area contributed by atoms with Crippen molar-refractivity contribution >= 4 is 33.2 Å². The van der Waals surface area contributed by atoms with Gasteiger partial charge in [-0.15, -0.1) is 0 Å². The largest absolute Gasteiger partial charge is 0.490 e. The molecular weight excluding hydrogens is 560 g/mol. The average molecular weight is 599 g/mol. The number of halogens is 1. The molecule has 1 fully saturated rings. The predicted molar refractivity (Wildman–Crippen MR) is 160 cm³/mol. The standard InChI is InChI=1S/C32H39ClN2O5S/c1-21-6-3-4-8-29(39-2)26-12-9-23(26)18-35-19-32(15-5-7-22-16-24(33)10-13-27(22)32)20-40-30-14-11-25(17-28(30)35)41(37,38)34-31(21)36/h4,8,10-11,13-14,16-17,21,23,26,29H,3,5-7,9,12,15,18-20H2,1-2H3,(H,34,36)/b8-4+/t21-,23-,26?,29-,32-/m0/s1. The molecule has 1 amide bonds. The summed E-state index contributed by atoms with van der Waals surface area (Å²) in [5.74, 6) is 0.500. The molecule has 7 nitrogen and oxygen atoms in total. The summed E-state index contributed by atoms with van der Waals surface area (Å²) in [5.41, 5.74) is 3.04. The van der Waals surface area contributed by atoms with Crippen molar-refractivity contribution in [3.05, 3.63) is 64.7 Å². The molecule has 2 bridgehead atoms. The lowest BCUT2D eigenvalue weighted by molar-refractivity contribution is -0.122. The van der Waals surface area contributed by atoms with Crippen LogP contribution in [0.2, 0.25) is 5.02 Å². The van der Waals surface area contributed by atoms with Crippen molar-refractivity contribution in [2.24, 2.45) is 17.8 Å². The average Bonchev–Trinajstić information content (AvgIpc) is 3.08. The minimum absolute atomic E-state index is 0.00621. The molecule has 41 heavy (non-hydrogen) atoms. The second-order valence-electron chi connectivity index (χ2n) is 12.3. The summed E-state index contributed by atoms with van der Waals surface area (Å²) in [7, 11) is -2.28. The Labute approximate surface area is 248 Å². The maximum absolute atomic E-state index is 13.4. The number of nitrogens with zero attached hydrogens (tertiary/aromatic N) is 1. The predicted octanol–water partition coefficient (Wildman–Crippen LogP) is 5.65. The molecule has 4 aliphatic rings. The number of anilines is 1. The third-order valence-electron chi connectivity index (χ3n) is 9.72. The fraction of sp³-hybridized carbons (Fsp3) is 0.531. The zero-order chi connectivity index (χ0) is 28.8. The van der Waals surface area contributed by atoms with E-state index in [1.54, 1.807) is 32.2 Å². The summed E-state index contributed by atoms with van der Waals surface area (Å²) < 4.78 is 41.6. The number of allylic oxidation sites excluding steroid dienone is 1. The van der Waals surface area contributed by atoms with E-state index in [9.17, 15) is 13.2 Å². The van der Waals surface area contributed by atoms with Gasteiger partial charge >= 0.3 is 0 Å². The van der Waals surface area contributed by atoms with E-state index in [0.717, 1.165) is 49.4 Å². The third kappa shape index (κ3) is 5.51. The van der Waals surface area contributed by atoms with E-state index in [4.69, 9.17) is 21.1 Å². The molecule has 2 aliphatic heterocycles. The first-order valence-electron chi connectivity index (χ1n) is 14.8. The van der Waals surface area contributed by atoms with Crippen LogP contribution in [0, 0.1) is 17.8 Å². The van der Waals surface area contributed by atoms with Gasteiger partial charge in [0.15, 0.2) is 0 Å². The van der Waals surface area contributed by atoms with Crippen LogP contribution in [0.3, 0.4) is 0 Å². The van der Waals surface area contributed by atoms with E-state index < -0.39 is 21.8 Å². The van der Waals surface area contributed by atoms with E-state index in [-0.39, 0.29) is 16.4 Å². The van der Waals surface area contributed by atoms with Crippen LogP contribution in [0.4, 0.5) is 5.69 Å². The van der Waals surface area contributed by atoms with Gasteiger partial charge in [-0.3, -0.25) is 4.79 Å². The van der Waals surface area contributed by atoms with E-state index in [2.05, 4.69) is 33.9 Å². The van der Waals surface area contributed by atoms with Crippen LogP contribution >= 0.6 is 11.6 Å². The maximum Gasteiger partial charge on any atom is 0.264 e. The molecule has 1 unspecified atom stereocenters. The van der Waals surface area contributed by atoms with Gasteiger partial charge in [-0.1, -0.05) is 36.7 Å². The number of fused-ring (bicyclic) bond motifs is 4. The van der Waals surface area contributed by atoms with Crippen molar-refractivity contribution in [2.45, 2.75) is 68.3 Å². The number of amides is 1. The summed E-state index contributed by atoms with van der Waals surface area (Å²) in [4.78, 5) is 15.3. The summed E-state index contributed by atoms with van der Waals surface area (Å²) >= 11 is 6.39. The molecule has 1 spiro atoms.